The summed E-state index contributed by atoms with van der Waals surface area (Å²) in [5.41, 5.74) is 4.70. The van der Waals surface area contributed by atoms with Gasteiger partial charge in [-0.05, 0) is 59.7 Å². The zero-order valence-electron chi connectivity index (χ0n) is 17.9. The Hall–Kier alpha value is -4.52. The van der Waals surface area contributed by atoms with Crippen LogP contribution in [0, 0.1) is 5.41 Å². The summed E-state index contributed by atoms with van der Waals surface area (Å²) in [6.07, 6.45) is 4.70. The summed E-state index contributed by atoms with van der Waals surface area (Å²) in [6, 6.07) is 19.9. The summed E-state index contributed by atoms with van der Waals surface area (Å²) in [5.74, 6) is -0.372. The van der Waals surface area contributed by atoms with E-state index in [-0.39, 0.29) is 12.2 Å². The molecule has 4 aromatic rings. The van der Waals surface area contributed by atoms with Crippen molar-refractivity contribution >= 4 is 34.4 Å². The maximum absolute atomic E-state index is 11.7. The van der Waals surface area contributed by atoms with Crippen LogP contribution in [0.1, 0.15) is 27.2 Å². The smallest absolute Gasteiger partial charge is 0.336 e. The lowest BCUT2D eigenvalue weighted by Gasteiger charge is -2.14. The number of para-hydroxylation sites is 1. The predicted octanol–water partition coefficient (Wildman–Crippen LogP) is 4.64. The van der Waals surface area contributed by atoms with Gasteiger partial charge in [0.15, 0.2) is 0 Å². The van der Waals surface area contributed by atoms with Gasteiger partial charge in [-0.15, -0.1) is 0 Å². The number of hydrogen-bond acceptors (Lipinski definition) is 6. The van der Waals surface area contributed by atoms with E-state index in [0.29, 0.717) is 22.3 Å². The monoisotopic (exact) mass is 438 g/mol. The van der Waals surface area contributed by atoms with E-state index in [0.717, 1.165) is 22.4 Å². The number of aromatic nitrogens is 2. The van der Waals surface area contributed by atoms with E-state index in [1.54, 1.807) is 36.7 Å². The molecule has 0 amide bonds. The zero-order chi connectivity index (χ0) is 23.2. The minimum atomic E-state index is -0.998. The lowest BCUT2D eigenvalue weighted by Crippen LogP contribution is -2.09. The number of nitrogens with one attached hydrogen (secondary N) is 2. The van der Waals surface area contributed by atoms with E-state index in [4.69, 9.17) is 10.1 Å². The minimum Gasteiger partial charge on any atom is -0.487 e. The van der Waals surface area contributed by atoms with Crippen molar-refractivity contribution in [2.45, 2.75) is 6.61 Å². The largest absolute Gasteiger partial charge is 0.487 e. The number of allylic oxidation sites excluding steroid dienone is 1. The van der Waals surface area contributed by atoms with Crippen molar-refractivity contribution < 1.29 is 14.6 Å². The van der Waals surface area contributed by atoms with Crippen LogP contribution in [0.5, 0.6) is 5.75 Å². The highest BCUT2D eigenvalue weighted by molar-refractivity contribution is 6.17. The molecule has 0 atom stereocenters. The van der Waals surface area contributed by atoms with Crippen LogP contribution >= 0.6 is 0 Å². The van der Waals surface area contributed by atoms with Gasteiger partial charge < -0.3 is 20.6 Å². The maximum Gasteiger partial charge on any atom is 0.336 e. The number of ether oxygens (including phenoxy) is 1. The number of fused-ring (bicyclic) bond motifs is 1. The highest BCUT2D eigenvalue weighted by Crippen LogP contribution is 2.25. The van der Waals surface area contributed by atoms with E-state index in [1.807, 2.05) is 49.5 Å². The fraction of sp³-hybridized carbons (Fsp3) is 0.0769. The molecule has 0 spiro atoms. The third-order valence-corrected chi connectivity index (χ3v) is 5.18. The molecule has 2 aromatic carbocycles. The van der Waals surface area contributed by atoms with E-state index < -0.39 is 5.97 Å². The fourth-order valence-electron chi connectivity index (χ4n) is 3.62. The second-order valence-corrected chi connectivity index (χ2v) is 7.22. The average molecular weight is 438 g/mol. The predicted molar refractivity (Wildman–Crippen MR) is 128 cm³/mol. The molecular weight excluding hydrogens is 416 g/mol. The Morgan fingerprint density at radius 2 is 1.79 bits per heavy atom. The van der Waals surface area contributed by atoms with E-state index in [9.17, 15) is 9.90 Å². The van der Waals surface area contributed by atoms with Crippen molar-refractivity contribution in [1.82, 2.24) is 15.3 Å². The molecule has 0 unspecified atom stereocenters. The van der Waals surface area contributed by atoms with Crippen LogP contribution in [0.4, 0.5) is 0 Å². The molecule has 0 radical (unpaired) electrons. The van der Waals surface area contributed by atoms with Crippen molar-refractivity contribution in [3.63, 3.8) is 0 Å². The van der Waals surface area contributed by atoms with Crippen molar-refractivity contribution in [3.8, 4) is 5.75 Å². The zero-order valence-corrected chi connectivity index (χ0v) is 17.9. The molecule has 164 valence electrons. The first-order valence-corrected chi connectivity index (χ1v) is 10.3. The standard InChI is InChI=1S/C26H22N4O3/c1-28-25(23(15-27)17-10-12-29-13-11-17)18-6-8-20(9-7-18)33-16-19-14-22(26(31)32)21-4-2-3-5-24(21)30-19/h2-15,27-28H,16H2,1H3,(H,31,32)/b25-23+,27-15?. The SMILES string of the molecule is CN/C(=C(\C=N)c1ccncc1)c1ccc(OCc2cc(C(=O)O)c3ccccc3n2)cc1. The first-order valence-electron chi connectivity index (χ1n) is 10.3. The van der Waals surface area contributed by atoms with Gasteiger partial charge in [0.05, 0.1) is 22.5 Å². The van der Waals surface area contributed by atoms with Crippen molar-refractivity contribution in [2.75, 3.05) is 7.05 Å². The first-order chi connectivity index (χ1) is 16.1. The van der Waals surface area contributed by atoms with Crippen molar-refractivity contribution in [1.29, 1.82) is 5.41 Å². The Morgan fingerprint density at radius 1 is 1.06 bits per heavy atom. The number of pyridine rings is 2. The number of nitrogens with zero attached hydrogens (tertiary/aromatic N) is 2. The van der Waals surface area contributed by atoms with Crippen molar-refractivity contribution in [2.24, 2.45) is 0 Å². The molecule has 0 aliphatic carbocycles. The van der Waals surface area contributed by atoms with Gasteiger partial charge in [0.25, 0.3) is 0 Å². The summed E-state index contributed by atoms with van der Waals surface area (Å²) in [5, 5.41) is 21.2. The molecule has 0 bridgehead atoms. The Bertz CT molecular complexity index is 1330. The van der Waals surface area contributed by atoms with Gasteiger partial charge in [-0.2, -0.15) is 0 Å². The summed E-state index contributed by atoms with van der Waals surface area (Å²) in [4.78, 5) is 20.2. The third-order valence-electron chi connectivity index (χ3n) is 5.18. The highest BCUT2D eigenvalue weighted by atomic mass is 16.5. The lowest BCUT2D eigenvalue weighted by molar-refractivity contribution is 0.0698. The molecule has 7 heteroatoms. The molecule has 0 aliphatic rings. The molecule has 4 rings (SSSR count). The second kappa shape index (κ2) is 9.74. The van der Waals surface area contributed by atoms with Crippen LogP contribution in [-0.2, 0) is 6.61 Å². The van der Waals surface area contributed by atoms with Crippen LogP contribution < -0.4 is 10.1 Å². The molecule has 0 saturated heterocycles. The van der Waals surface area contributed by atoms with Gasteiger partial charge in [-0.3, -0.25) is 4.98 Å². The number of carbonyl (C=O) groups is 1. The van der Waals surface area contributed by atoms with E-state index in [2.05, 4.69) is 15.3 Å². The number of carboxylic acids is 1. The molecule has 3 N–H and O–H groups in total. The summed E-state index contributed by atoms with van der Waals surface area (Å²) < 4.78 is 5.87. The van der Waals surface area contributed by atoms with E-state index >= 15 is 0 Å². The quantitative estimate of drug-likeness (QED) is 0.346. The summed E-state index contributed by atoms with van der Waals surface area (Å²) in [7, 11) is 1.82. The maximum atomic E-state index is 11.7. The summed E-state index contributed by atoms with van der Waals surface area (Å²) >= 11 is 0. The Labute approximate surface area is 190 Å². The molecule has 0 fully saturated rings. The van der Waals surface area contributed by atoms with Crippen LogP contribution in [0.2, 0.25) is 0 Å². The molecular formula is C26H22N4O3. The lowest BCUT2D eigenvalue weighted by atomic mass is 10.0. The van der Waals surface area contributed by atoms with Gasteiger partial charge in [-0.1, -0.05) is 18.2 Å². The van der Waals surface area contributed by atoms with Gasteiger partial charge in [0, 0.05) is 36.6 Å². The number of rotatable bonds is 8. The summed E-state index contributed by atoms with van der Waals surface area (Å²) in [6.45, 7) is 0.141. The topological polar surface area (TPSA) is 108 Å². The Morgan fingerprint density at radius 3 is 2.45 bits per heavy atom. The van der Waals surface area contributed by atoms with Gasteiger partial charge >= 0.3 is 5.97 Å². The van der Waals surface area contributed by atoms with Crippen LogP contribution in [0.15, 0.2) is 79.1 Å². The number of aromatic carboxylic acids is 1. The van der Waals surface area contributed by atoms with E-state index in [1.165, 1.54) is 6.21 Å². The normalized spacial score (nSPS) is 11.5. The second-order valence-electron chi connectivity index (χ2n) is 7.22. The number of hydrogen-bond donors (Lipinski definition) is 3. The minimum absolute atomic E-state index is 0.141. The molecule has 2 heterocycles. The molecule has 0 saturated carbocycles. The first kappa shape index (κ1) is 21.7. The van der Waals surface area contributed by atoms with Crippen LogP contribution in [0.3, 0.4) is 0 Å². The van der Waals surface area contributed by atoms with Crippen molar-refractivity contribution in [3.05, 3.63) is 102 Å². The van der Waals surface area contributed by atoms with Gasteiger partial charge in [0.2, 0.25) is 0 Å². The fourth-order valence-corrected chi connectivity index (χ4v) is 3.62. The van der Waals surface area contributed by atoms with Gasteiger partial charge in [0.1, 0.15) is 12.4 Å². The highest BCUT2D eigenvalue weighted by Gasteiger charge is 2.12. The molecule has 33 heavy (non-hydrogen) atoms. The third kappa shape index (κ3) is 4.72. The van der Waals surface area contributed by atoms with Gasteiger partial charge in [-0.25, -0.2) is 9.78 Å². The number of carboxylic acid groups (broad SMARTS) is 1. The van der Waals surface area contributed by atoms with Crippen LogP contribution in [0.25, 0.3) is 22.2 Å². The van der Waals surface area contributed by atoms with Crippen LogP contribution in [-0.4, -0.2) is 34.3 Å². The Kier molecular flexibility index (Phi) is 6.40. The average Bonchev–Trinajstić information content (AvgIpc) is 2.86. The number of benzene rings is 2. The molecule has 7 nitrogen and oxygen atoms in total. The Balaban J connectivity index is 1.56. The molecule has 2 aromatic heterocycles. The molecule has 0 aliphatic heterocycles.